The number of nitrogens with one attached hydrogen (secondary N) is 5. The molecule has 3 saturated carbocycles. The Bertz CT molecular complexity index is 3350. The molecule has 23 nitrogen and oxygen atoms in total. The summed E-state index contributed by atoms with van der Waals surface area (Å²) in [5.74, 6) is -4.21. The fraction of sp³-hybridized carbons (Fsp3) is 0.563. The van der Waals surface area contributed by atoms with Crippen LogP contribution in [0.2, 0.25) is 0 Å². The molecule has 0 radical (unpaired) electrons. The first-order valence-corrected chi connectivity index (χ1v) is 33.0. The van der Waals surface area contributed by atoms with Crippen LogP contribution in [0.1, 0.15) is 238 Å². The molecule has 506 valence electrons. The molecule has 3 atom stereocenters. The first kappa shape index (κ1) is 70.0. The van der Waals surface area contributed by atoms with Crippen molar-refractivity contribution in [1.82, 2.24) is 46.2 Å². The SMILES string of the molecule is C.CN(C(=O)OC(C)(C)C)C1CCC(Cc2cccc3c2C(=O)N(C2CCC(=O)NC2=O)C3=O)CC1.CNC1CCC(Cc2cccc3c2C(=O)N(C2CCC(=O)NC2=O)C3=O)CC1.CNC1CCC(Cc2cccc3c2C(=O)N(C2CCC(=O)NC2=O)C3=O)CC1.[2H]CC. The van der Waals surface area contributed by atoms with Gasteiger partial charge in [0.2, 0.25) is 35.4 Å². The number of hydrogen-bond acceptors (Lipinski definition) is 16. The first-order valence-electron chi connectivity index (χ1n) is 33.7. The molecule has 0 bridgehead atoms. The smallest absolute Gasteiger partial charge is 0.410 e. The summed E-state index contributed by atoms with van der Waals surface area (Å²) in [5.41, 5.74) is 4.34. The van der Waals surface area contributed by atoms with Crippen LogP contribution in [0, 0.1) is 17.8 Å². The van der Waals surface area contributed by atoms with Crippen LogP contribution in [-0.4, -0.2) is 160 Å². The van der Waals surface area contributed by atoms with Gasteiger partial charge in [0.1, 0.15) is 23.7 Å². The van der Waals surface area contributed by atoms with E-state index in [1.807, 2.05) is 65.2 Å². The predicted octanol–water partition coefficient (Wildman–Crippen LogP) is 7.54. The van der Waals surface area contributed by atoms with Crippen molar-refractivity contribution in [3.8, 4) is 0 Å². The predicted molar refractivity (Wildman–Crippen MR) is 348 cm³/mol. The lowest BCUT2D eigenvalue weighted by Gasteiger charge is -2.35. The Morgan fingerprint density at radius 3 is 1.04 bits per heavy atom. The van der Waals surface area contributed by atoms with Gasteiger partial charge in [0.05, 0.1) is 33.4 Å². The van der Waals surface area contributed by atoms with Gasteiger partial charge >= 0.3 is 6.09 Å². The summed E-state index contributed by atoms with van der Waals surface area (Å²) < 4.78 is 11.7. The van der Waals surface area contributed by atoms with Crippen molar-refractivity contribution in [2.24, 2.45) is 17.8 Å². The molecule has 0 aromatic heterocycles. The van der Waals surface area contributed by atoms with Crippen LogP contribution in [0.15, 0.2) is 54.6 Å². The van der Waals surface area contributed by atoms with E-state index >= 15 is 0 Å². The Balaban J connectivity index is 0.000000179. The molecule has 3 saturated heterocycles. The zero-order valence-electron chi connectivity index (χ0n) is 55.5. The Morgan fingerprint density at radius 2 is 0.777 bits per heavy atom. The van der Waals surface area contributed by atoms with E-state index in [1.54, 1.807) is 43.1 Å². The van der Waals surface area contributed by atoms with E-state index < -0.39 is 82.8 Å². The van der Waals surface area contributed by atoms with Crippen molar-refractivity contribution in [1.29, 1.82) is 0 Å². The summed E-state index contributed by atoms with van der Waals surface area (Å²) >= 11 is 0. The summed E-state index contributed by atoms with van der Waals surface area (Å²) in [4.78, 5) is 167. The van der Waals surface area contributed by atoms with Gasteiger partial charge in [0.15, 0.2) is 0 Å². The lowest BCUT2D eigenvalue weighted by Crippen LogP contribution is -2.54. The summed E-state index contributed by atoms with van der Waals surface area (Å²) in [7, 11) is 5.75. The molecule has 6 heterocycles. The molecule has 5 N–H and O–H groups in total. The van der Waals surface area contributed by atoms with E-state index in [0.29, 0.717) is 76.5 Å². The zero-order valence-corrected chi connectivity index (χ0v) is 54.5. The number of amides is 13. The van der Waals surface area contributed by atoms with E-state index in [4.69, 9.17) is 6.11 Å². The fourth-order valence-electron chi connectivity index (χ4n) is 14.7. The molecular formula is C71H93N9O14. The molecule has 6 fully saturated rings. The number of nitrogens with zero attached hydrogens (tertiary/aromatic N) is 4. The second-order valence-corrected chi connectivity index (χ2v) is 26.8. The quantitative estimate of drug-likeness (QED) is 0.109. The highest BCUT2D eigenvalue weighted by molar-refractivity contribution is 6.26. The van der Waals surface area contributed by atoms with Crippen LogP contribution in [-0.2, 0) is 52.8 Å². The van der Waals surface area contributed by atoms with Gasteiger partial charge in [-0.3, -0.25) is 88.2 Å². The van der Waals surface area contributed by atoms with Crippen molar-refractivity contribution in [3.63, 3.8) is 0 Å². The third kappa shape index (κ3) is 15.6. The standard InChI is InChI=1S/C26H33N3O6.2C21H25N3O4.C2H6.CH4/c1-26(2,3)35-25(34)28(4)17-10-8-15(9-11-17)14-16-6-5-7-18-21(16)24(33)29(23(18)32)19-12-13-20(30)27-22(19)31;2*1-22-14-7-5-12(6-8-14)11-13-3-2-4-15-18(13)21(28)24(20(15)27)16-9-10-17(25)23-19(16)26;1-2;/h5-7,15,17,19H,8-14H2,1-4H3,(H,27,30,31);2*2-4,12,14,16,22H,5-11H2,1H3,(H,23,25,26);1-2H3;1H4/i;;;1D;. The Labute approximate surface area is 551 Å². The average molecular weight is 1300 g/mol. The van der Waals surface area contributed by atoms with Crippen LogP contribution in [0.3, 0.4) is 0 Å². The maximum absolute atomic E-state index is 13.3. The van der Waals surface area contributed by atoms with Crippen LogP contribution >= 0.6 is 0 Å². The maximum Gasteiger partial charge on any atom is 0.410 e. The van der Waals surface area contributed by atoms with Gasteiger partial charge in [-0.2, -0.15) is 0 Å². The molecule has 3 aromatic rings. The van der Waals surface area contributed by atoms with Crippen molar-refractivity contribution in [2.75, 3.05) is 21.1 Å². The lowest BCUT2D eigenvalue weighted by atomic mass is 9.81. The highest BCUT2D eigenvalue weighted by Crippen LogP contribution is 2.38. The second kappa shape index (κ2) is 30.8. The summed E-state index contributed by atoms with van der Waals surface area (Å²) in [5, 5.41) is 13.3. The number of hydrogen-bond donors (Lipinski definition) is 5. The highest BCUT2D eigenvalue weighted by Gasteiger charge is 2.49. The van der Waals surface area contributed by atoms with Crippen LogP contribution in [0.5, 0.6) is 0 Å². The molecule has 12 rings (SSSR count). The first-order chi connectivity index (χ1) is 44.9. The number of imide groups is 6. The molecule has 3 unspecified atom stereocenters. The van der Waals surface area contributed by atoms with Gasteiger partial charge < -0.3 is 20.3 Å². The van der Waals surface area contributed by atoms with Crippen LogP contribution in [0.25, 0.3) is 0 Å². The van der Waals surface area contributed by atoms with E-state index in [0.717, 1.165) is 121 Å². The van der Waals surface area contributed by atoms with E-state index in [-0.39, 0.29) is 69.9 Å². The van der Waals surface area contributed by atoms with Crippen LogP contribution < -0.4 is 26.6 Å². The van der Waals surface area contributed by atoms with E-state index in [1.165, 1.54) is 0 Å². The van der Waals surface area contributed by atoms with Crippen molar-refractivity contribution in [2.45, 2.75) is 219 Å². The summed E-state index contributed by atoms with van der Waals surface area (Å²) in [6.45, 7) is 7.84. The molecule has 94 heavy (non-hydrogen) atoms. The van der Waals surface area contributed by atoms with Crippen molar-refractivity contribution >= 4 is 77.0 Å². The summed E-state index contributed by atoms with van der Waals surface area (Å²) in [6.07, 6.45) is 15.0. The van der Waals surface area contributed by atoms with Gasteiger partial charge in [-0.25, -0.2) is 4.79 Å². The number of fused-ring (bicyclic) bond motifs is 3. The van der Waals surface area contributed by atoms with Crippen molar-refractivity contribution < 1.29 is 68.4 Å². The largest absolute Gasteiger partial charge is 0.444 e. The van der Waals surface area contributed by atoms with E-state index in [2.05, 4.69) is 26.6 Å². The minimum Gasteiger partial charge on any atom is -0.444 e. The molecule has 3 aromatic carbocycles. The molecule has 23 heteroatoms. The van der Waals surface area contributed by atoms with Gasteiger partial charge in [-0.05, 0) is 203 Å². The third-order valence-corrected chi connectivity index (χ3v) is 19.7. The zero-order chi connectivity index (χ0) is 67.9. The van der Waals surface area contributed by atoms with Crippen LogP contribution in [0.4, 0.5) is 4.79 Å². The average Bonchev–Trinajstić information content (AvgIpc) is 1.62. The topological polar surface area (TPSA) is 304 Å². The second-order valence-electron chi connectivity index (χ2n) is 26.8. The van der Waals surface area contributed by atoms with Gasteiger partial charge in [0.25, 0.3) is 35.4 Å². The number of carbonyl (C=O) groups is 13. The Hall–Kier alpha value is -8.31. The normalized spacial score (nSPS) is 26.0. The summed E-state index contributed by atoms with van der Waals surface area (Å²) in [6, 6.07) is 14.5. The number of carbonyl (C=O) groups excluding carboxylic acids is 13. The molecule has 6 aliphatic heterocycles. The number of piperidine rings is 3. The van der Waals surface area contributed by atoms with Crippen molar-refractivity contribution in [3.05, 3.63) is 105 Å². The fourth-order valence-corrected chi connectivity index (χ4v) is 14.7. The van der Waals surface area contributed by atoms with Gasteiger partial charge in [-0.15, -0.1) is 0 Å². The van der Waals surface area contributed by atoms with Gasteiger partial charge in [0, 0.05) is 45.8 Å². The van der Waals surface area contributed by atoms with E-state index in [9.17, 15) is 62.3 Å². The van der Waals surface area contributed by atoms with Gasteiger partial charge in [-0.1, -0.05) is 57.6 Å². The Kier molecular flexibility index (Phi) is 23.0. The number of ether oxygens (including phenoxy) is 1. The lowest BCUT2D eigenvalue weighted by molar-refractivity contribution is -0.137. The highest BCUT2D eigenvalue weighted by atomic mass is 16.6. The third-order valence-electron chi connectivity index (χ3n) is 19.7. The maximum atomic E-state index is 13.3. The molecular weight excluding hydrogens is 1200 g/mol. The molecule has 9 aliphatic rings. The molecule has 13 amide bonds. The number of benzene rings is 3. The Morgan fingerprint density at radius 1 is 0.489 bits per heavy atom. The minimum atomic E-state index is -0.966. The molecule has 0 spiro atoms. The number of rotatable bonds is 12. The molecule has 3 aliphatic carbocycles. The minimum absolute atomic E-state index is 0. The monoisotopic (exact) mass is 1300 g/mol.